The Morgan fingerprint density at radius 2 is 2.00 bits per heavy atom. The molecule has 0 spiro atoms. The summed E-state index contributed by atoms with van der Waals surface area (Å²) in [5.74, 6) is 0.217. The molecule has 4 nitrogen and oxygen atoms in total. The predicted octanol–water partition coefficient (Wildman–Crippen LogP) is 2.32. The fraction of sp³-hybridized carbons (Fsp3) is 0.800. The van der Waals surface area contributed by atoms with Crippen molar-refractivity contribution in [2.75, 3.05) is 13.1 Å². The third kappa shape index (κ3) is 4.32. The van der Waals surface area contributed by atoms with Crippen molar-refractivity contribution in [3.8, 4) is 0 Å². The molecule has 0 aromatic carbocycles. The normalized spacial score (nSPS) is 19.3. The zero-order valence-corrected chi connectivity index (χ0v) is 12.6. The van der Waals surface area contributed by atoms with Gasteiger partial charge in [0.15, 0.2) is 6.29 Å². The first kappa shape index (κ1) is 16.2. The van der Waals surface area contributed by atoms with Gasteiger partial charge in [0, 0.05) is 18.5 Å². The largest absolute Gasteiger partial charge is 0.364 e. The maximum atomic E-state index is 12.3. The van der Waals surface area contributed by atoms with Crippen LogP contribution in [0.4, 0.5) is 0 Å². The van der Waals surface area contributed by atoms with Crippen molar-refractivity contribution in [1.29, 1.82) is 0 Å². The summed E-state index contributed by atoms with van der Waals surface area (Å²) < 4.78 is 5.51. The second-order valence-electron chi connectivity index (χ2n) is 6.06. The number of carbonyl (C=O) groups is 1. The molecule has 1 N–H and O–H groups in total. The molecule has 0 aliphatic carbocycles. The number of amides is 1. The van der Waals surface area contributed by atoms with E-state index in [9.17, 15) is 9.90 Å². The number of hydrogen-bond donors (Lipinski definition) is 1. The number of nitrogens with zero attached hydrogens (tertiary/aromatic N) is 1. The second kappa shape index (κ2) is 6.53. The highest BCUT2D eigenvalue weighted by molar-refractivity contribution is 5.81. The van der Waals surface area contributed by atoms with Crippen molar-refractivity contribution in [2.45, 2.75) is 59.4 Å². The van der Waals surface area contributed by atoms with Gasteiger partial charge in [0.05, 0.1) is 6.10 Å². The van der Waals surface area contributed by atoms with E-state index in [0.717, 1.165) is 19.3 Å². The first-order valence-corrected chi connectivity index (χ1v) is 7.06. The lowest BCUT2D eigenvalue weighted by Gasteiger charge is -2.37. The van der Waals surface area contributed by atoms with Gasteiger partial charge in [0.25, 0.3) is 0 Å². The third-order valence-corrected chi connectivity index (χ3v) is 3.93. The summed E-state index contributed by atoms with van der Waals surface area (Å²) in [6, 6.07) is 0. The summed E-state index contributed by atoms with van der Waals surface area (Å²) in [5.41, 5.74) is 0.330. The molecule has 19 heavy (non-hydrogen) atoms. The third-order valence-electron chi connectivity index (χ3n) is 3.93. The molecule has 1 heterocycles. The van der Waals surface area contributed by atoms with Crippen LogP contribution in [0, 0.1) is 5.41 Å². The Labute approximate surface area is 116 Å². The zero-order chi connectivity index (χ0) is 14.6. The fourth-order valence-electron chi connectivity index (χ4n) is 2.07. The molecule has 1 aliphatic heterocycles. The molecule has 1 atom stereocenters. The van der Waals surface area contributed by atoms with Gasteiger partial charge in [-0.1, -0.05) is 27.4 Å². The van der Waals surface area contributed by atoms with E-state index < -0.39 is 6.29 Å². The molecule has 0 aromatic rings. The highest BCUT2D eigenvalue weighted by atomic mass is 16.6. The minimum atomic E-state index is -0.890. The summed E-state index contributed by atoms with van der Waals surface area (Å²) in [4.78, 5) is 14.2. The van der Waals surface area contributed by atoms with E-state index in [1.54, 1.807) is 6.92 Å². The SMILES string of the molecule is C=C(C)C(O)OC1CCN(C(=O)C(C)(C)CC)CC1. The van der Waals surface area contributed by atoms with Gasteiger partial charge in [-0.3, -0.25) is 4.79 Å². The number of hydrogen-bond acceptors (Lipinski definition) is 3. The van der Waals surface area contributed by atoms with Crippen LogP contribution in [-0.2, 0) is 9.53 Å². The van der Waals surface area contributed by atoms with Gasteiger partial charge < -0.3 is 14.7 Å². The van der Waals surface area contributed by atoms with Crippen molar-refractivity contribution in [2.24, 2.45) is 5.41 Å². The maximum Gasteiger partial charge on any atom is 0.228 e. The monoisotopic (exact) mass is 269 g/mol. The van der Waals surface area contributed by atoms with Gasteiger partial charge in [-0.05, 0) is 31.8 Å². The molecule has 1 fully saturated rings. The molecule has 1 saturated heterocycles. The van der Waals surface area contributed by atoms with Crippen LogP contribution in [0.15, 0.2) is 12.2 Å². The van der Waals surface area contributed by atoms with Crippen LogP contribution in [0.5, 0.6) is 0 Å². The second-order valence-corrected chi connectivity index (χ2v) is 6.06. The molecule has 0 radical (unpaired) electrons. The molecule has 0 saturated carbocycles. The van der Waals surface area contributed by atoms with Gasteiger partial charge in [0.1, 0.15) is 0 Å². The average molecular weight is 269 g/mol. The van der Waals surface area contributed by atoms with E-state index in [0.29, 0.717) is 18.7 Å². The Morgan fingerprint density at radius 1 is 1.47 bits per heavy atom. The van der Waals surface area contributed by atoms with E-state index in [4.69, 9.17) is 4.74 Å². The van der Waals surface area contributed by atoms with Crippen molar-refractivity contribution >= 4 is 5.91 Å². The van der Waals surface area contributed by atoms with E-state index in [-0.39, 0.29) is 17.4 Å². The topological polar surface area (TPSA) is 49.8 Å². The number of likely N-dealkylation sites (tertiary alicyclic amines) is 1. The summed E-state index contributed by atoms with van der Waals surface area (Å²) in [7, 11) is 0. The molecule has 4 heteroatoms. The Kier molecular flexibility index (Phi) is 5.56. The van der Waals surface area contributed by atoms with Crippen LogP contribution in [0.2, 0.25) is 0 Å². The van der Waals surface area contributed by atoms with Crippen LogP contribution < -0.4 is 0 Å². The van der Waals surface area contributed by atoms with Crippen molar-refractivity contribution in [3.63, 3.8) is 0 Å². The Morgan fingerprint density at radius 3 is 2.42 bits per heavy atom. The van der Waals surface area contributed by atoms with Crippen LogP contribution in [0.3, 0.4) is 0 Å². The summed E-state index contributed by atoms with van der Waals surface area (Å²) in [6.45, 7) is 12.8. The maximum absolute atomic E-state index is 12.3. The van der Waals surface area contributed by atoms with Crippen molar-refractivity contribution in [1.82, 2.24) is 4.90 Å². The van der Waals surface area contributed by atoms with Gasteiger partial charge in [-0.25, -0.2) is 0 Å². The molecule has 110 valence electrons. The van der Waals surface area contributed by atoms with E-state index >= 15 is 0 Å². The lowest BCUT2D eigenvalue weighted by atomic mass is 9.87. The number of piperidine rings is 1. The Balaban J connectivity index is 2.45. The van der Waals surface area contributed by atoms with Crippen LogP contribution in [0.1, 0.15) is 47.0 Å². The first-order valence-electron chi connectivity index (χ1n) is 7.06. The smallest absolute Gasteiger partial charge is 0.228 e. The molecular weight excluding hydrogens is 242 g/mol. The number of ether oxygens (including phenoxy) is 1. The summed E-state index contributed by atoms with van der Waals surface area (Å²) in [5, 5.41) is 9.62. The minimum Gasteiger partial charge on any atom is -0.364 e. The predicted molar refractivity (Wildman–Crippen MR) is 75.6 cm³/mol. The van der Waals surface area contributed by atoms with E-state index in [1.165, 1.54) is 0 Å². The molecule has 1 unspecified atom stereocenters. The lowest BCUT2D eigenvalue weighted by Crippen LogP contribution is -2.46. The van der Waals surface area contributed by atoms with Crippen molar-refractivity contribution in [3.05, 3.63) is 12.2 Å². The van der Waals surface area contributed by atoms with Gasteiger partial charge in [0.2, 0.25) is 5.91 Å². The molecule has 1 aliphatic rings. The summed E-state index contributed by atoms with van der Waals surface area (Å²) in [6.07, 6.45) is 1.52. The first-order chi connectivity index (χ1) is 8.77. The highest BCUT2D eigenvalue weighted by Crippen LogP contribution is 2.26. The zero-order valence-electron chi connectivity index (χ0n) is 12.6. The van der Waals surface area contributed by atoms with Gasteiger partial charge in [-0.15, -0.1) is 0 Å². The minimum absolute atomic E-state index is 0.0143. The van der Waals surface area contributed by atoms with Crippen molar-refractivity contribution < 1.29 is 14.6 Å². The highest BCUT2D eigenvalue weighted by Gasteiger charge is 2.33. The number of rotatable bonds is 5. The Bertz CT molecular complexity index is 330. The van der Waals surface area contributed by atoms with Gasteiger partial charge >= 0.3 is 0 Å². The standard InChI is InChI=1S/C15H27NO3/c1-6-15(4,5)14(18)16-9-7-12(8-10-16)19-13(17)11(2)3/h12-13,17H,2,6-10H2,1,3-5H3. The summed E-state index contributed by atoms with van der Waals surface area (Å²) >= 11 is 0. The lowest BCUT2D eigenvalue weighted by molar-refractivity contribution is -0.149. The fourth-order valence-corrected chi connectivity index (χ4v) is 2.07. The number of aliphatic hydroxyl groups is 1. The molecule has 1 rings (SSSR count). The molecule has 0 bridgehead atoms. The van der Waals surface area contributed by atoms with E-state index in [2.05, 4.69) is 6.58 Å². The number of carbonyl (C=O) groups excluding carboxylic acids is 1. The van der Waals surface area contributed by atoms with Crippen LogP contribution >= 0.6 is 0 Å². The van der Waals surface area contributed by atoms with Crippen LogP contribution in [0.25, 0.3) is 0 Å². The van der Waals surface area contributed by atoms with E-state index in [1.807, 2.05) is 25.7 Å². The molecule has 0 aromatic heterocycles. The molecule has 1 amide bonds. The van der Waals surface area contributed by atoms with Crippen LogP contribution in [-0.4, -0.2) is 41.4 Å². The Hall–Kier alpha value is -0.870. The van der Waals surface area contributed by atoms with Gasteiger partial charge in [-0.2, -0.15) is 0 Å². The quantitative estimate of drug-likeness (QED) is 0.615. The average Bonchev–Trinajstić information content (AvgIpc) is 2.38. The number of aliphatic hydroxyl groups excluding tert-OH is 1. The molecular formula is C15H27NO3.